The summed E-state index contributed by atoms with van der Waals surface area (Å²) in [6, 6.07) is 2.18. The van der Waals surface area contributed by atoms with Crippen molar-refractivity contribution in [3.05, 3.63) is 33.6 Å². The van der Waals surface area contributed by atoms with Crippen molar-refractivity contribution in [2.75, 3.05) is 0 Å². The zero-order chi connectivity index (χ0) is 10.0. The van der Waals surface area contributed by atoms with Crippen LogP contribution in [0.5, 0.6) is 0 Å². The third-order valence-corrected chi connectivity index (χ3v) is 2.42. The van der Waals surface area contributed by atoms with Gasteiger partial charge in [0.15, 0.2) is 5.78 Å². The monoisotopic (exact) mass is 220 g/mol. The Balaban J connectivity index is 3.28. The van der Waals surface area contributed by atoms with Gasteiger partial charge in [0, 0.05) is 12.0 Å². The van der Waals surface area contributed by atoms with Gasteiger partial charge in [-0.25, -0.2) is 4.39 Å². The van der Waals surface area contributed by atoms with Gasteiger partial charge in [-0.1, -0.05) is 30.1 Å². The predicted octanol–water partition coefficient (Wildman–Crippen LogP) is 3.73. The van der Waals surface area contributed by atoms with E-state index in [2.05, 4.69) is 0 Å². The van der Waals surface area contributed by atoms with Gasteiger partial charge < -0.3 is 0 Å². The molecule has 4 heteroatoms. The Labute approximate surface area is 85.5 Å². The van der Waals surface area contributed by atoms with Gasteiger partial charge in [0.25, 0.3) is 0 Å². The quantitative estimate of drug-likeness (QED) is 0.549. The lowest BCUT2D eigenvalue weighted by Crippen LogP contribution is -1.98. The van der Waals surface area contributed by atoms with Crippen LogP contribution in [0, 0.1) is 5.82 Å². The highest BCUT2D eigenvalue weighted by Crippen LogP contribution is 2.27. The summed E-state index contributed by atoms with van der Waals surface area (Å²) in [6.45, 7) is 1.68. The lowest BCUT2D eigenvalue weighted by atomic mass is 10.1. The van der Waals surface area contributed by atoms with Crippen molar-refractivity contribution < 1.29 is 9.18 Å². The lowest BCUT2D eigenvalue weighted by Gasteiger charge is -2.03. The molecule has 0 aromatic heterocycles. The van der Waals surface area contributed by atoms with E-state index in [0.717, 1.165) is 12.1 Å². The number of Topliss-reactive ketones (excluding diaryl/α,β-unsaturated/α-hetero) is 1. The van der Waals surface area contributed by atoms with Gasteiger partial charge >= 0.3 is 0 Å². The number of benzene rings is 1. The maximum Gasteiger partial charge on any atom is 0.164 e. The highest BCUT2D eigenvalue weighted by molar-refractivity contribution is 6.43. The summed E-state index contributed by atoms with van der Waals surface area (Å²) in [5, 5.41) is 0.188. The van der Waals surface area contributed by atoms with Crippen LogP contribution >= 0.6 is 23.2 Å². The number of rotatable bonds is 2. The molecule has 1 aromatic rings. The molecule has 0 saturated carbocycles. The SMILES string of the molecule is CCC(=O)c1cc(F)cc(Cl)c1Cl. The standard InChI is InChI=1S/C9H7Cl2FO/c1-2-8(13)6-3-5(12)4-7(10)9(6)11/h3-4H,2H2,1H3. The molecular formula is C9H7Cl2FO. The number of carbonyl (C=O) groups is 1. The van der Waals surface area contributed by atoms with Crippen molar-refractivity contribution in [2.45, 2.75) is 13.3 Å². The Bertz CT molecular complexity index is 350. The zero-order valence-corrected chi connectivity index (χ0v) is 8.42. The molecule has 0 bridgehead atoms. The molecule has 0 spiro atoms. The third kappa shape index (κ3) is 2.20. The van der Waals surface area contributed by atoms with Crippen LogP contribution < -0.4 is 0 Å². The zero-order valence-electron chi connectivity index (χ0n) is 6.90. The van der Waals surface area contributed by atoms with Crippen LogP contribution in [-0.2, 0) is 0 Å². The fraction of sp³-hybridized carbons (Fsp3) is 0.222. The van der Waals surface area contributed by atoms with Gasteiger partial charge in [0.2, 0.25) is 0 Å². The average Bonchev–Trinajstić information content (AvgIpc) is 2.10. The van der Waals surface area contributed by atoms with E-state index in [4.69, 9.17) is 23.2 Å². The Hall–Kier alpha value is -0.600. The molecule has 1 nitrogen and oxygen atoms in total. The summed E-state index contributed by atoms with van der Waals surface area (Å²) in [7, 11) is 0. The number of carbonyl (C=O) groups excluding carboxylic acids is 1. The Kier molecular flexibility index (Phi) is 3.28. The fourth-order valence-electron chi connectivity index (χ4n) is 0.949. The second-order valence-corrected chi connectivity index (χ2v) is 3.31. The number of hydrogen-bond acceptors (Lipinski definition) is 1. The van der Waals surface area contributed by atoms with Crippen molar-refractivity contribution in [1.29, 1.82) is 0 Å². The van der Waals surface area contributed by atoms with Crippen LogP contribution in [0.25, 0.3) is 0 Å². The van der Waals surface area contributed by atoms with Gasteiger partial charge in [-0.3, -0.25) is 4.79 Å². The maximum absolute atomic E-state index is 12.8. The van der Waals surface area contributed by atoms with E-state index in [1.165, 1.54) is 0 Å². The van der Waals surface area contributed by atoms with E-state index < -0.39 is 5.82 Å². The summed E-state index contributed by atoms with van der Waals surface area (Å²) in [4.78, 5) is 11.2. The molecule has 0 aliphatic rings. The van der Waals surface area contributed by atoms with E-state index in [9.17, 15) is 9.18 Å². The second kappa shape index (κ2) is 4.07. The maximum atomic E-state index is 12.8. The van der Waals surface area contributed by atoms with E-state index in [0.29, 0.717) is 0 Å². The second-order valence-electron chi connectivity index (χ2n) is 2.53. The molecule has 0 unspecified atom stereocenters. The first-order valence-corrected chi connectivity index (χ1v) is 4.49. The molecule has 0 fully saturated rings. The number of halogens is 3. The first-order chi connectivity index (χ1) is 6.06. The molecule has 0 atom stereocenters. The first-order valence-electron chi connectivity index (χ1n) is 3.74. The molecule has 1 aromatic carbocycles. The minimum atomic E-state index is -0.550. The lowest BCUT2D eigenvalue weighted by molar-refractivity contribution is 0.0988. The minimum Gasteiger partial charge on any atom is -0.294 e. The molecule has 1 rings (SSSR count). The average molecular weight is 221 g/mol. The highest BCUT2D eigenvalue weighted by Gasteiger charge is 2.12. The minimum absolute atomic E-state index is 0.0680. The molecule has 13 heavy (non-hydrogen) atoms. The van der Waals surface area contributed by atoms with E-state index in [-0.39, 0.29) is 27.8 Å². The number of hydrogen-bond donors (Lipinski definition) is 0. The molecule has 0 heterocycles. The summed E-state index contributed by atoms with van der Waals surface area (Å²) in [5.74, 6) is -0.766. The van der Waals surface area contributed by atoms with Crippen molar-refractivity contribution in [2.24, 2.45) is 0 Å². The number of ketones is 1. The predicted molar refractivity (Wildman–Crippen MR) is 51.0 cm³/mol. The molecular weight excluding hydrogens is 214 g/mol. The van der Waals surface area contributed by atoms with Gasteiger partial charge in [0.05, 0.1) is 10.0 Å². The summed E-state index contributed by atoms with van der Waals surface area (Å²) >= 11 is 11.3. The van der Waals surface area contributed by atoms with Crippen molar-refractivity contribution in [3.63, 3.8) is 0 Å². The third-order valence-electron chi connectivity index (χ3n) is 1.61. The summed E-state index contributed by atoms with van der Waals surface area (Å²) in [5.41, 5.74) is 0.147. The molecule has 70 valence electrons. The van der Waals surface area contributed by atoms with Crippen LogP contribution in [0.2, 0.25) is 10.0 Å². The topological polar surface area (TPSA) is 17.1 Å². The molecule has 0 N–H and O–H groups in total. The summed E-state index contributed by atoms with van der Waals surface area (Å²) < 4.78 is 12.8. The van der Waals surface area contributed by atoms with Crippen LogP contribution in [0.15, 0.2) is 12.1 Å². The van der Waals surface area contributed by atoms with Gasteiger partial charge in [0.1, 0.15) is 5.82 Å². The molecule has 0 saturated heterocycles. The first kappa shape index (κ1) is 10.5. The molecule has 0 radical (unpaired) electrons. The van der Waals surface area contributed by atoms with Crippen molar-refractivity contribution >= 4 is 29.0 Å². The van der Waals surface area contributed by atoms with E-state index in [1.807, 2.05) is 0 Å². The smallest absolute Gasteiger partial charge is 0.164 e. The molecule has 0 aliphatic carbocycles. The van der Waals surface area contributed by atoms with Crippen LogP contribution in [0.3, 0.4) is 0 Å². The Morgan fingerprint density at radius 1 is 1.46 bits per heavy atom. The van der Waals surface area contributed by atoms with E-state index >= 15 is 0 Å². The van der Waals surface area contributed by atoms with E-state index in [1.54, 1.807) is 6.92 Å². The molecule has 0 amide bonds. The summed E-state index contributed by atoms with van der Waals surface area (Å²) in [6.07, 6.45) is 0.277. The van der Waals surface area contributed by atoms with Crippen LogP contribution in [-0.4, -0.2) is 5.78 Å². The van der Waals surface area contributed by atoms with Crippen molar-refractivity contribution in [3.8, 4) is 0 Å². The highest BCUT2D eigenvalue weighted by atomic mass is 35.5. The van der Waals surface area contributed by atoms with Gasteiger partial charge in [-0.15, -0.1) is 0 Å². The van der Waals surface area contributed by atoms with Crippen molar-refractivity contribution in [1.82, 2.24) is 0 Å². The van der Waals surface area contributed by atoms with Crippen LogP contribution in [0.4, 0.5) is 4.39 Å². The Morgan fingerprint density at radius 2 is 2.08 bits per heavy atom. The fourth-order valence-corrected chi connectivity index (χ4v) is 1.37. The van der Waals surface area contributed by atoms with Gasteiger partial charge in [-0.05, 0) is 12.1 Å². The largest absolute Gasteiger partial charge is 0.294 e. The normalized spacial score (nSPS) is 10.2. The van der Waals surface area contributed by atoms with Crippen LogP contribution in [0.1, 0.15) is 23.7 Å². The molecule has 0 aliphatic heterocycles. The Morgan fingerprint density at radius 3 is 2.62 bits per heavy atom. The van der Waals surface area contributed by atoms with Gasteiger partial charge in [-0.2, -0.15) is 0 Å².